The molecule has 1 N–H and O–H groups in total. The number of rotatable bonds is 8. The normalized spacial score (nSPS) is 14.3. The van der Waals surface area contributed by atoms with Gasteiger partial charge in [0.25, 0.3) is 11.8 Å². The number of hydrogen-bond acceptors (Lipinski definition) is 5. The number of urea groups is 1. The quantitative estimate of drug-likeness (QED) is 0.173. The Hall–Kier alpha value is -4.69. The highest BCUT2D eigenvalue weighted by Gasteiger charge is 2.36. The lowest BCUT2D eigenvalue weighted by atomic mass is 10.1. The van der Waals surface area contributed by atoms with Gasteiger partial charge in [0, 0.05) is 0 Å². The molecular formula is C33H27BrN2O5. The van der Waals surface area contributed by atoms with E-state index in [1.807, 2.05) is 62.4 Å². The molecule has 0 bridgehead atoms. The predicted octanol–water partition coefficient (Wildman–Crippen LogP) is 6.89. The zero-order chi connectivity index (χ0) is 28.9. The van der Waals surface area contributed by atoms with E-state index < -0.39 is 17.8 Å². The predicted molar refractivity (Wildman–Crippen MR) is 161 cm³/mol. The Morgan fingerprint density at radius 3 is 1.93 bits per heavy atom. The molecule has 1 aliphatic rings. The summed E-state index contributed by atoms with van der Waals surface area (Å²) in [7, 11) is 0. The largest absolute Gasteiger partial charge is 0.489 e. The molecule has 41 heavy (non-hydrogen) atoms. The summed E-state index contributed by atoms with van der Waals surface area (Å²) in [4.78, 5) is 39.5. The summed E-state index contributed by atoms with van der Waals surface area (Å²) in [5.41, 5.74) is 5.15. The smallest absolute Gasteiger partial charge is 0.335 e. The minimum Gasteiger partial charge on any atom is -0.489 e. The van der Waals surface area contributed by atoms with Crippen LogP contribution in [0.5, 0.6) is 11.5 Å². The van der Waals surface area contributed by atoms with Crippen molar-refractivity contribution in [3.63, 3.8) is 0 Å². The SMILES string of the molecule is Cc1ccc(COc2ccc(N3C(=O)NC(=O)/C(=C\c4ccc(OCc5ccc(C)cc5)c(Br)c4)C3=O)cc2)cc1. The van der Waals surface area contributed by atoms with Crippen molar-refractivity contribution in [3.05, 3.63) is 129 Å². The monoisotopic (exact) mass is 610 g/mol. The first-order valence-corrected chi connectivity index (χ1v) is 13.7. The number of ether oxygens (including phenoxy) is 2. The fourth-order valence-electron chi connectivity index (χ4n) is 4.17. The van der Waals surface area contributed by atoms with Gasteiger partial charge in [0.05, 0.1) is 10.2 Å². The van der Waals surface area contributed by atoms with E-state index in [4.69, 9.17) is 9.47 Å². The average Bonchev–Trinajstić information content (AvgIpc) is 2.96. The molecule has 0 unspecified atom stereocenters. The fourth-order valence-corrected chi connectivity index (χ4v) is 4.68. The number of aryl methyl sites for hydroxylation is 2. The van der Waals surface area contributed by atoms with Gasteiger partial charge in [0.2, 0.25) is 0 Å². The summed E-state index contributed by atoms with van der Waals surface area (Å²) in [5, 5.41) is 2.25. The Morgan fingerprint density at radius 1 is 0.756 bits per heavy atom. The van der Waals surface area contributed by atoms with E-state index in [2.05, 4.69) is 21.2 Å². The van der Waals surface area contributed by atoms with E-state index in [1.54, 1.807) is 42.5 Å². The number of nitrogens with zero attached hydrogens (tertiary/aromatic N) is 1. The summed E-state index contributed by atoms with van der Waals surface area (Å²) >= 11 is 3.51. The van der Waals surface area contributed by atoms with Gasteiger partial charge in [-0.3, -0.25) is 14.9 Å². The van der Waals surface area contributed by atoms with Gasteiger partial charge in [-0.15, -0.1) is 0 Å². The molecule has 0 spiro atoms. The minimum absolute atomic E-state index is 0.162. The first-order valence-electron chi connectivity index (χ1n) is 12.9. The molecule has 4 aromatic rings. The maximum absolute atomic E-state index is 13.3. The van der Waals surface area contributed by atoms with Crippen LogP contribution in [0.4, 0.5) is 10.5 Å². The lowest BCUT2D eigenvalue weighted by Gasteiger charge is -2.26. The van der Waals surface area contributed by atoms with Crippen LogP contribution < -0.4 is 19.7 Å². The third kappa shape index (κ3) is 6.73. The standard InChI is InChI=1S/C33H27BrN2O5/c1-21-3-7-23(8-4-21)19-40-27-14-12-26(13-15-27)36-32(38)28(31(37)35-33(36)39)17-25-11-16-30(29(34)18-25)41-20-24-9-5-22(2)6-10-24/h3-18H,19-20H2,1-2H3,(H,35,37,39)/b28-17+. The van der Waals surface area contributed by atoms with Crippen molar-refractivity contribution in [2.45, 2.75) is 27.1 Å². The van der Waals surface area contributed by atoms with Gasteiger partial charge in [0.1, 0.15) is 30.3 Å². The number of hydrogen-bond donors (Lipinski definition) is 1. The number of imide groups is 2. The Kier molecular flexibility index (Phi) is 8.31. The van der Waals surface area contributed by atoms with Gasteiger partial charge in [-0.25, -0.2) is 9.69 Å². The van der Waals surface area contributed by atoms with E-state index in [9.17, 15) is 14.4 Å². The van der Waals surface area contributed by atoms with Gasteiger partial charge in [-0.2, -0.15) is 0 Å². The van der Waals surface area contributed by atoms with Crippen molar-refractivity contribution < 1.29 is 23.9 Å². The first-order chi connectivity index (χ1) is 19.8. The Labute approximate surface area is 246 Å². The molecule has 0 radical (unpaired) electrons. The van der Waals surface area contributed by atoms with Crippen LogP contribution in [-0.4, -0.2) is 17.8 Å². The summed E-state index contributed by atoms with van der Waals surface area (Å²) in [6.07, 6.45) is 1.45. The molecule has 5 rings (SSSR count). The van der Waals surface area contributed by atoms with Crippen molar-refractivity contribution in [2.24, 2.45) is 0 Å². The number of anilines is 1. The summed E-state index contributed by atoms with van der Waals surface area (Å²) in [5.74, 6) is -0.276. The molecule has 1 saturated heterocycles. The number of nitrogens with one attached hydrogen (secondary N) is 1. The molecule has 8 heteroatoms. The first kappa shape index (κ1) is 27.9. The van der Waals surface area contributed by atoms with Crippen molar-refractivity contribution in [2.75, 3.05) is 4.90 Å². The van der Waals surface area contributed by atoms with Crippen molar-refractivity contribution in [1.82, 2.24) is 5.32 Å². The zero-order valence-corrected chi connectivity index (χ0v) is 24.1. The molecule has 0 aromatic heterocycles. The van der Waals surface area contributed by atoms with Crippen molar-refractivity contribution in [1.29, 1.82) is 0 Å². The van der Waals surface area contributed by atoms with Crippen LogP contribution in [0.15, 0.2) is 101 Å². The molecule has 206 valence electrons. The molecule has 1 fully saturated rings. The zero-order valence-electron chi connectivity index (χ0n) is 22.5. The Morgan fingerprint density at radius 2 is 1.34 bits per heavy atom. The Bertz CT molecular complexity index is 1630. The second-order valence-corrected chi connectivity index (χ2v) is 10.5. The van der Waals surface area contributed by atoms with Gasteiger partial charge in [-0.05, 0) is 88.9 Å². The third-order valence-corrected chi connectivity index (χ3v) is 7.12. The van der Waals surface area contributed by atoms with Gasteiger partial charge >= 0.3 is 6.03 Å². The second-order valence-electron chi connectivity index (χ2n) is 9.69. The molecule has 0 aliphatic carbocycles. The fraction of sp³-hybridized carbons (Fsp3) is 0.121. The van der Waals surface area contributed by atoms with Crippen molar-refractivity contribution in [3.8, 4) is 11.5 Å². The van der Waals surface area contributed by atoms with Crippen LogP contribution in [0.1, 0.15) is 27.8 Å². The number of amides is 4. The highest BCUT2D eigenvalue weighted by atomic mass is 79.9. The molecule has 4 aromatic carbocycles. The second kappa shape index (κ2) is 12.2. The highest BCUT2D eigenvalue weighted by molar-refractivity contribution is 9.10. The minimum atomic E-state index is -0.813. The number of carbonyl (C=O) groups excluding carboxylic acids is 3. The number of carbonyl (C=O) groups is 3. The van der Waals surface area contributed by atoms with Crippen LogP contribution in [0.25, 0.3) is 6.08 Å². The molecule has 1 aliphatic heterocycles. The third-order valence-electron chi connectivity index (χ3n) is 6.50. The van der Waals surface area contributed by atoms with Crippen molar-refractivity contribution >= 4 is 45.5 Å². The van der Waals surface area contributed by atoms with Gasteiger partial charge < -0.3 is 9.47 Å². The van der Waals surface area contributed by atoms with Crippen LogP contribution >= 0.6 is 15.9 Å². The summed E-state index contributed by atoms with van der Waals surface area (Å²) in [6, 6.07) is 27.1. The van der Waals surface area contributed by atoms with Crippen LogP contribution in [-0.2, 0) is 22.8 Å². The average molecular weight is 611 g/mol. The summed E-state index contributed by atoms with van der Waals surface area (Å²) < 4.78 is 12.4. The lowest BCUT2D eigenvalue weighted by Crippen LogP contribution is -2.54. The molecule has 1 heterocycles. The number of halogens is 1. The topological polar surface area (TPSA) is 84.9 Å². The highest BCUT2D eigenvalue weighted by Crippen LogP contribution is 2.29. The van der Waals surface area contributed by atoms with E-state index in [-0.39, 0.29) is 5.57 Å². The number of barbiturate groups is 1. The van der Waals surface area contributed by atoms with Crippen LogP contribution in [0, 0.1) is 13.8 Å². The van der Waals surface area contributed by atoms with E-state index in [0.29, 0.717) is 40.4 Å². The Balaban J connectivity index is 1.28. The molecule has 4 amide bonds. The number of benzene rings is 4. The van der Waals surface area contributed by atoms with E-state index in [1.165, 1.54) is 17.2 Å². The molecule has 7 nitrogen and oxygen atoms in total. The van der Waals surface area contributed by atoms with E-state index >= 15 is 0 Å². The van der Waals surface area contributed by atoms with E-state index in [0.717, 1.165) is 16.0 Å². The van der Waals surface area contributed by atoms with Crippen LogP contribution in [0.2, 0.25) is 0 Å². The lowest BCUT2D eigenvalue weighted by molar-refractivity contribution is -0.122. The summed E-state index contributed by atoms with van der Waals surface area (Å²) in [6.45, 7) is 4.83. The van der Waals surface area contributed by atoms with Gasteiger partial charge in [0.15, 0.2) is 0 Å². The van der Waals surface area contributed by atoms with Crippen LogP contribution in [0.3, 0.4) is 0 Å². The molecule has 0 atom stereocenters. The maximum atomic E-state index is 13.3. The molecular weight excluding hydrogens is 584 g/mol. The maximum Gasteiger partial charge on any atom is 0.335 e. The van der Waals surface area contributed by atoms with Gasteiger partial charge in [-0.1, -0.05) is 65.7 Å². The molecule has 0 saturated carbocycles.